The molecule has 0 saturated carbocycles. The number of benzene rings is 1. The standard InChI is InChI=1S/C20H23N3O2S/c1-2-6-16(7-3-1)12-19-21-20(25-22-19)15-23(13-17-8-4-10-24-17)14-18-9-5-11-26-18/h1-3,5-7,9,11,17H,4,8,10,12-15H2/t17-/m1/s1. The quantitative estimate of drug-likeness (QED) is 0.603. The van der Waals surface area contributed by atoms with Gasteiger partial charge in [0.05, 0.1) is 12.6 Å². The van der Waals surface area contributed by atoms with Crippen molar-refractivity contribution in [2.24, 2.45) is 0 Å². The number of rotatable bonds is 8. The smallest absolute Gasteiger partial charge is 0.240 e. The fraction of sp³-hybridized carbons (Fsp3) is 0.400. The van der Waals surface area contributed by atoms with Crippen LogP contribution in [0.1, 0.15) is 35.0 Å². The van der Waals surface area contributed by atoms with Crippen LogP contribution in [0.3, 0.4) is 0 Å². The molecule has 0 bridgehead atoms. The van der Waals surface area contributed by atoms with Gasteiger partial charge in [-0.3, -0.25) is 4.90 Å². The summed E-state index contributed by atoms with van der Waals surface area (Å²) in [6.07, 6.45) is 3.28. The third-order valence-corrected chi connectivity index (χ3v) is 5.38. The van der Waals surface area contributed by atoms with Gasteiger partial charge in [0.2, 0.25) is 5.89 Å². The molecule has 0 N–H and O–H groups in total. The molecule has 0 spiro atoms. The first-order chi connectivity index (χ1) is 12.8. The summed E-state index contributed by atoms with van der Waals surface area (Å²) in [6, 6.07) is 14.5. The lowest BCUT2D eigenvalue weighted by molar-refractivity contribution is 0.0644. The lowest BCUT2D eigenvalue weighted by atomic mass is 10.1. The van der Waals surface area contributed by atoms with Crippen LogP contribution in [0, 0.1) is 0 Å². The first-order valence-corrected chi connectivity index (χ1v) is 9.95. The Kier molecular flexibility index (Phi) is 5.74. The van der Waals surface area contributed by atoms with Gasteiger partial charge in [0, 0.05) is 31.0 Å². The molecule has 0 aliphatic carbocycles. The molecule has 4 rings (SSSR count). The molecule has 1 fully saturated rings. The molecule has 26 heavy (non-hydrogen) atoms. The molecule has 0 unspecified atom stereocenters. The van der Waals surface area contributed by atoms with Crippen LogP contribution in [-0.2, 0) is 24.2 Å². The summed E-state index contributed by atoms with van der Waals surface area (Å²) in [6.45, 7) is 3.31. The van der Waals surface area contributed by atoms with Crippen molar-refractivity contribution in [2.75, 3.05) is 13.2 Å². The minimum absolute atomic E-state index is 0.307. The zero-order valence-electron chi connectivity index (χ0n) is 14.7. The van der Waals surface area contributed by atoms with Gasteiger partial charge in [0.1, 0.15) is 0 Å². The van der Waals surface area contributed by atoms with E-state index in [-0.39, 0.29) is 0 Å². The minimum Gasteiger partial charge on any atom is -0.377 e. The first-order valence-electron chi connectivity index (χ1n) is 9.07. The second-order valence-corrected chi connectivity index (χ2v) is 7.68. The van der Waals surface area contributed by atoms with E-state index in [1.54, 1.807) is 11.3 Å². The fourth-order valence-corrected chi connectivity index (χ4v) is 4.03. The number of hydrogen-bond donors (Lipinski definition) is 0. The first kappa shape index (κ1) is 17.4. The van der Waals surface area contributed by atoms with E-state index in [2.05, 4.69) is 44.7 Å². The van der Waals surface area contributed by atoms with Gasteiger partial charge in [-0.2, -0.15) is 4.98 Å². The third-order valence-electron chi connectivity index (χ3n) is 4.52. The SMILES string of the molecule is c1ccc(Cc2noc(CN(Cc3cccs3)C[C@H]3CCCO3)n2)cc1. The van der Waals surface area contributed by atoms with Crippen molar-refractivity contribution in [3.63, 3.8) is 0 Å². The summed E-state index contributed by atoms with van der Waals surface area (Å²) in [5, 5.41) is 6.27. The number of nitrogens with zero attached hydrogens (tertiary/aromatic N) is 3. The summed E-state index contributed by atoms with van der Waals surface area (Å²) in [5.74, 6) is 1.41. The van der Waals surface area contributed by atoms with Gasteiger partial charge in [-0.25, -0.2) is 0 Å². The van der Waals surface area contributed by atoms with E-state index >= 15 is 0 Å². The van der Waals surface area contributed by atoms with Crippen LogP contribution in [0.5, 0.6) is 0 Å². The maximum atomic E-state index is 5.82. The molecule has 1 aromatic carbocycles. The summed E-state index contributed by atoms with van der Waals surface area (Å²) in [7, 11) is 0. The van der Waals surface area contributed by atoms with Gasteiger partial charge in [-0.15, -0.1) is 11.3 Å². The largest absolute Gasteiger partial charge is 0.377 e. The van der Waals surface area contributed by atoms with Crippen molar-refractivity contribution in [2.45, 2.75) is 38.5 Å². The van der Waals surface area contributed by atoms with Crippen LogP contribution in [-0.4, -0.2) is 34.3 Å². The van der Waals surface area contributed by atoms with Crippen molar-refractivity contribution >= 4 is 11.3 Å². The van der Waals surface area contributed by atoms with Crippen molar-refractivity contribution < 1.29 is 9.26 Å². The maximum absolute atomic E-state index is 5.82. The van der Waals surface area contributed by atoms with E-state index in [4.69, 9.17) is 9.26 Å². The second kappa shape index (κ2) is 8.58. The van der Waals surface area contributed by atoms with Crippen molar-refractivity contribution in [3.05, 3.63) is 70.0 Å². The molecule has 3 heterocycles. The Morgan fingerprint density at radius 2 is 2.04 bits per heavy atom. The van der Waals surface area contributed by atoms with Crippen molar-refractivity contribution in [1.82, 2.24) is 15.0 Å². The van der Waals surface area contributed by atoms with Gasteiger partial charge in [-0.1, -0.05) is 41.6 Å². The Morgan fingerprint density at radius 1 is 1.12 bits per heavy atom. The molecule has 6 heteroatoms. The minimum atomic E-state index is 0.307. The highest BCUT2D eigenvalue weighted by atomic mass is 32.1. The molecule has 1 aliphatic rings. The number of aromatic nitrogens is 2. The molecule has 1 saturated heterocycles. The normalized spacial score (nSPS) is 17.2. The molecular weight excluding hydrogens is 346 g/mol. The van der Waals surface area contributed by atoms with E-state index in [0.29, 0.717) is 25.0 Å². The van der Waals surface area contributed by atoms with Gasteiger partial charge in [0.15, 0.2) is 5.82 Å². The molecule has 3 aromatic rings. The van der Waals surface area contributed by atoms with Gasteiger partial charge in [-0.05, 0) is 29.9 Å². The van der Waals surface area contributed by atoms with Crippen LogP contribution < -0.4 is 0 Å². The molecule has 1 atom stereocenters. The molecule has 0 radical (unpaired) electrons. The van der Waals surface area contributed by atoms with E-state index in [1.165, 1.54) is 10.4 Å². The monoisotopic (exact) mass is 369 g/mol. The lowest BCUT2D eigenvalue weighted by Crippen LogP contribution is -2.31. The highest BCUT2D eigenvalue weighted by molar-refractivity contribution is 7.09. The predicted octanol–water partition coefficient (Wildman–Crippen LogP) is 3.90. The molecular formula is C20H23N3O2S. The average molecular weight is 369 g/mol. The number of ether oxygens (including phenoxy) is 1. The second-order valence-electron chi connectivity index (χ2n) is 6.65. The molecule has 5 nitrogen and oxygen atoms in total. The van der Waals surface area contributed by atoms with Crippen LogP contribution in [0.25, 0.3) is 0 Å². The maximum Gasteiger partial charge on any atom is 0.240 e. The van der Waals surface area contributed by atoms with Crippen molar-refractivity contribution in [1.29, 1.82) is 0 Å². The summed E-state index contributed by atoms with van der Waals surface area (Å²) in [4.78, 5) is 8.28. The predicted molar refractivity (Wildman–Crippen MR) is 101 cm³/mol. The van der Waals surface area contributed by atoms with E-state index in [1.807, 2.05) is 18.2 Å². The summed E-state index contributed by atoms with van der Waals surface area (Å²) < 4.78 is 11.3. The highest BCUT2D eigenvalue weighted by Crippen LogP contribution is 2.19. The van der Waals surface area contributed by atoms with Crippen LogP contribution in [0.15, 0.2) is 52.4 Å². The Balaban J connectivity index is 1.41. The van der Waals surface area contributed by atoms with Gasteiger partial charge < -0.3 is 9.26 Å². The molecule has 136 valence electrons. The van der Waals surface area contributed by atoms with E-state index in [9.17, 15) is 0 Å². The lowest BCUT2D eigenvalue weighted by Gasteiger charge is -2.23. The van der Waals surface area contributed by atoms with Crippen LogP contribution in [0.2, 0.25) is 0 Å². The summed E-state index contributed by atoms with van der Waals surface area (Å²) >= 11 is 1.78. The summed E-state index contributed by atoms with van der Waals surface area (Å²) in [5.41, 5.74) is 1.19. The Hall–Kier alpha value is -2.02. The molecule has 1 aliphatic heterocycles. The third kappa shape index (κ3) is 4.78. The zero-order chi connectivity index (χ0) is 17.6. The number of hydrogen-bond acceptors (Lipinski definition) is 6. The average Bonchev–Trinajstić information content (AvgIpc) is 3.40. The van der Waals surface area contributed by atoms with Crippen LogP contribution in [0.4, 0.5) is 0 Å². The molecule has 2 aromatic heterocycles. The van der Waals surface area contributed by atoms with E-state index < -0.39 is 0 Å². The molecule has 0 amide bonds. The Morgan fingerprint density at radius 3 is 2.81 bits per heavy atom. The highest BCUT2D eigenvalue weighted by Gasteiger charge is 2.21. The zero-order valence-corrected chi connectivity index (χ0v) is 15.5. The Bertz CT molecular complexity index is 783. The number of thiophene rings is 1. The fourth-order valence-electron chi connectivity index (χ4n) is 3.28. The van der Waals surface area contributed by atoms with Gasteiger partial charge >= 0.3 is 0 Å². The van der Waals surface area contributed by atoms with Crippen LogP contribution >= 0.6 is 11.3 Å². The topological polar surface area (TPSA) is 51.4 Å². The Labute approximate surface area is 157 Å². The van der Waals surface area contributed by atoms with E-state index in [0.717, 1.165) is 38.4 Å². The van der Waals surface area contributed by atoms with Gasteiger partial charge in [0.25, 0.3) is 0 Å². The van der Waals surface area contributed by atoms with Crippen molar-refractivity contribution in [3.8, 4) is 0 Å².